The van der Waals surface area contributed by atoms with E-state index in [1.165, 1.54) is 16.9 Å². The molecule has 0 radical (unpaired) electrons. The molecule has 174 valence electrons. The summed E-state index contributed by atoms with van der Waals surface area (Å²) in [5, 5.41) is 10.1. The van der Waals surface area contributed by atoms with E-state index in [0.29, 0.717) is 22.2 Å². The molecule has 35 heavy (non-hydrogen) atoms. The number of aromatic nitrogens is 2. The molecule has 0 saturated carbocycles. The normalized spacial score (nSPS) is 15.5. The van der Waals surface area contributed by atoms with Crippen LogP contribution < -0.4 is 5.43 Å². The van der Waals surface area contributed by atoms with Crippen molar-refractivity contribution in [2.24, 2.45) is 11.0 Å². The summed E-state index contributed by atoms with van der Waals surface area (Å²) in [6.45, 7) is 2.26. The third-order valence-electron chi connectivity index (χ3n) is 6.34. The molecule has 0 saturated heterocycles. The van der Waals surface area contributed by atoms with Crippen LogP contribution in [-0.2, 0) is 12.8 Å². The van der Waals surface area contributed by atoms with Gasteiger partial charge in [-0.15, -0.1) is 11.3 Å². The van der Waals surface area contributed by atoms with Crippen LogP contribution in [0.4, 0.5) is 0 Å². The van der Waals surface area contributed by atoms with Crippen molar-refractivity contribution in [1.29, 1.82) is 0 Å². The van der Waals surface area contributed by atoms with Crippen LogP contribution in [0.25, 0.3) is 28.1 Å². The van der Waals surface area contributed by atoms with Gasteiger partial charge in [0.2, 0.25) is 0 Å². The third-order valence-corrected chi connectivity index (χ3v) is 7.58. The minimum Gasteiger partial charge on any atom is -0.454 e. The van der Waals surface area contributed by atoms with E-state index in [9.17, 15) is 4.79 Å². The lowest BCUT2D eigenvalue weighted by molar-refractivity contribution is 0.0959. The molecule has 7 heteroatoms. The smallest absolute Gasteiger partial charge is 0.281 e. The standard InChI is InChI=1S/C28H24N4O2S/c1-18-11-12-25-20(13-18)15-26(35-25)28(33)30-29-16-21-17-32(22-8-3-2-4-9-22)31-27(21)24-14-19-7-5-6-10-23(19)34-24/h2-10,14-18H,11-13H2,1H3,(H,30,33)/b29-16-/t18-/m0/s1. The Morgan fingerprint density at radius 2 is 2.00 bits per heavy atom. The number of aryl methyl sites for hydroxylation is 1. The molecule has 5 aromatic rings. The van der Waals surface area contributed by atoms with Gasteiger partial charge in [-0.3, -0.25) is 4.79 Å². The van der Waals surface area contributed by atoms with E-state index in [4.69, 9.17) is 9.52 Å². The van der Waals surface area contributed by atoms with Gasteiger partial charge in [-0.25, -0.2) is 10.1 Å². The van der Waals surface area contributed by atoms with Crippen LogP contribution in [0.1, 0.15) is 39.0 Å². The van der Waals surface area contributed by atoms with Crippen LogP contribution in [0.3, 0.4) is 0 Å². The largest absolute Gasteiger partial charge is 0.454 e. The molecule has 0 spiro atoms. The second-order valence-corrected chi connectivity index (χ2v) is 10.1. The second-order valence-electron chi connectivity index (χ2n) is 8.97. The van der Waals surface area contributed by atoms with Crippen LogP contribution in [0, 0.1) is 5.92 Å². The molecule has 0 aliphatic heterocycles. The van der Waals surface area contributed by atoms with Crippen LogP contribution in [-0.4, -0.2) is 21.9 Å². The van der Waals surface area contributed by atoms with Crippen molar-refractivity contribution >= 4 is 34.4 Å². The fraction of sp³-hybridized carbons (Fsp3) is 0.179. The first-order valence-corrected chi connectivity index (χ1v) is 12.5. The van der Waals surface area contributed by atoms with Gasteiger partial charge in [-0.2, -0.15) is 10.2 Å². The highest BCUT2D eigenvalue weighted by Crippen LogP contribution is 2.32. The van der Waals surface area contributed by atoms with Crippen molar-refractivity contribution in [3.8, 4) is 17.1 Å². The fourth-order valence-electron chi connectivity index (χ4n) is 4.52. The van der Waals surface area contributed by atoms with Gasteiger partial charge in [0.05, 0.1) is 16.8 Å². The summed E-state index contributed by atoms with van der Waals surface area (Å²) in [6.07, 6.45) is 6.79. The average Bonchev–Trinajstić information content (AvgIpc) is 3.60. The van der Waals surface area contributed by atoms with Gasteiger partial charge in [0.1, 0.15) is 11.3 Å². The summed E-state index contributed by atoms with van der Waals surface area (Å²) in [4.78, 5) is 14.8. The maximum absolute atomic E-state index is 12.8. The number of carbonyl (C=O) groups excluding carboxylic acids is 1. The molecule has 0 fully saturated rings. The molecule has 1 aliphatic rings. The molecule has 6 rings (SSSR count). The monoisotopic (exact) mass is 480 g/mol. The first-order chi connectivity index (χ1) is 17.1. The Labute approximate surface area is 206 Å². The molecule has 1 amide bonds. The van der Waals surface area contributed by atoms with Crippen molar-refractivity contribution in [2.75, 3.05) is 0 Å². The Balaban J connectivity index is 1.29. The average molecular weight is 481 g/mol. The number of nitrogens with zero attached hydrogens (tertiary/aromatic N) is 3. The number of furan rings is 1. The Bertz CT molecular complexity index is 1510. The lowest BCUT2D eigenvalue weighted by atomic mass is 9.90. The van der Waals surface area contributed by atoms with Crippen molar-refractivity contribution in [3.05, 3.63) is 93.8 Å². The molecular weight excluding hydrogens is 456 g/mol. The number of para-hydroxylation sites is 2. The number of hydrogen-bond acceptors (Lipinski definition) is 5. The number of nitrogens with one attached hydrogen (secondary N) is 1. The van der Waals surface area contributed by atoms with E-state index >= 15 is 0 Å². The number of carbonyl (C=O) groups is 1. The molecule has 1 aliphatic carbocycles. The summed E-state index contributed by atoms with van der Waals surface area (Å²) in [5.41, 5.74) is 7.12. The summed E-state index contributed by atoms with van der Waals surface area (Å²) < 4.78 is 7.86. The molecule has 1 atom stereocenters. The van der Waals surface area contributed by atoms with Gasteiger partial charge < -0.3 is 4.42 Å². The van der Waals surface area contributed by atoms with Crippen molar-refractivity contribution in [1.82, 2.24) is 15.2 Å². The molecule has 3 aromatic heterocycles. The number of thiophene rings is 1. The summed E-state index contributed by atoms with van der Waals surface area (Å²) in [7, 11) is 0. The number of rotatable bonds is 5. The van der Waals surface area contributed by atoms with Crippen molar-refractivity contribution in [3.63, 3.8) is 0 Å². The van der Waals surface area contributed by atoms with Gasteiger partial charge >= 0.3 is 0 Å². The zero-order valence-electron chi connectivity index (χ0n) is 19.3. The van der Waals surface area contributed by atoms with E-state index in [-0.39, 0.29) is 5.91 Å². The Kier molecular flexibility index (Phi) is 5.54. The Morgan fingerprint density at radius 1 is 1.17 bits per heavy atom. The zero-order valence-corrected chi connectivity index (χ0v) is 20.1. The third kappa shape index (κ3) is 4.31. The minimum absolute atomic E-state index is 0.186. The van der Waals surface area contributed by atoms with E-state index < -0.39 is 0 Å². The topological polar surface area (TPSA) is 72.4 Å². The quantitative estimate of drug-likeness (QED) is 0.239. The van der Waals surface area contributed by atoms with Crippen LogP contribution >= 0.6 is 11.3 Å². The van der Waals surface area contributed by atoms with E-state index in [1.807, 2.05) is 72.9 Å². The van der Waals surface area contributed by atoms with Gasteiger partial charge in [0.25, 0.3) is 5.91 Å². The summed E-state index contributed by atoms with van der Waals surface area (Å²) in [6, 6.07) is 21.7. The minimum atomic E-state index is -0.186. The fourth-order valence-corrected chi connectivity index (χ4v) is 5.62. The zero-order chi connectivity index (χ0) is 23.8. The highest BCUT2D eigenvalue weighted by atomic mass is 32.1. The molecule has 6 nitrogen and oxygen atoms in total. The number of fused-ring (bicyclic) bond motifs is 2. The van der Waals surface area contributed by atoms with Gasteiger partial charge in [-0.1, -0.05) is 43.3 Å². The molecular formula is C28H24N4O2S. The van der Waals surface area contributed by atoms with E-state index in [0.717, 1.165) is 35.1 Å². The summed E-state index contributed by atoms with van der Waals surface area (Å²) >= 11 is 1.58. The number of benzene rings is 2. The van der Waals surface area contributed by atoms with Gasteiger partial charge in [0.15, 0.2) is 5.76 Å². The number of hydrogen-bond donors (Lipinski definition) is 1. The maximum atomic E-state index is 12.8. The van der Waals surface area contributed by atoms with E-state index in [2.05, 4.69) is 17.5 Å². The van der Waals surface area contributed by atoms with Crippen molar-refractivity contribution < 1.29 is 9.21 Å². The number of hydrazone groups is 1. The molecule has 0 unspecified atom stereocenters. The van der Waals surface area contributed by atoms with Crippen molar-refractivity contribution in [2.45, 2.75) is 26.2 Å². The molecule has 3 heterocycles. The predicted molar refractivity (Wildman–Crippen MR) is 139 cm³/mol. The SMILES string of the molecule is C[C@H]1CCc2sc(C(=O)N/N=C\c3cn(-c4ccccc4)nc3-c3cc4ccccc4o3)cc2C1. The van der Waals surface area contributed by atoms with Crippen LogP contribution in [0.15, 0.2) is 82.4 Å². The first kappa shape index (κ1) is 21.6. The van der Waals surface area contributed by atoms with Gasteiger partial charge in [0, 0.05) is 22.0 Å². The predicted octanol–water partition coefficient (Wildman–Crippen LogP) is 6.24. The maximum Gasteiger partial charge on any atom is 0.281 e. The van der Waals surface area contributed by atoms with Gasteiger partial charge in [-0.05, 0) is 61.1 Å². The van der Waals surface area contributed by atoms with E-state index in [1.54, 1.807) is 22.2 Å². The number of amides is 1. The molecule has 2 aromatic carbocycles. The van der Waals surface area contributed by atoms with Crippen LogP contribution in [0.5, 0.6) is 0 Å². The first-order valence-electron chi connectivity index (χ1n) is 11.7. The lowest BCUT2D eigenvalue weighted by Crippen LogP contribution is -2.16. The second kappa shape index (κ2) is 9.00. The summed E-state index contributed by atoms with van der Waals surface area (Å²) in [5.74, 6) is 1.13. The highest BCUT2D eigenvalue weighted by molar-refractivity contribution is 7.14. The Hall–Kier alpha value is -3.97. The molecule has 0 bridgehead atoms. The highest BCUT2D eigenvalue weighted by Gasteiger charge is 2.21. The molecule has 1 N–H and O–H groups in total. The lowest BCUT2D eigenvalue weighted by Gasteiger charge is -2.16. The van der Waals surface area contributed by atoms with Crippen LogP contribution in [0.2, 0.25) is 0 Å². The Morgan fingerprint density at radius 3 is 2.86 bits per heavy atom.